The first-order valence-corrected chi connectivity index (χ1v) is 10.3. The second-order valence-electron chi connectivity index (χ2n) is 7.54. The third-order valence-corrected chi connectivity index (χ3v) is 5.40. The van der Waals surface area contributed by atoms with Crippen molar-refractivity contribution >= 4 is 16.7 Å². The summed E-state index contributed by atoms with van der Waals surface area (Å²) in [6.45, 7) is 1.24. The predicted octanol–water partition coefficient (Wildman–Crippen LogP) is 2.87. The second-order valence-corrected chi connectivity index (χ2v) is 7.54. The molecule has 0 spiro atoms. The first-order valence-electron chi connectivity index (χ1n) is 10.3. The molecule has 0 aliphatic carbocycles. The summed E-state index contributed by atoms with van der Waals surface area (Å²) in [5.74, 6) is 1.23. The number of pyridine rings is 1. The zero-order valence-corrected chi connectivity index (χ0v) is 17.3. The second kappa shape index (κ2) is 8.23. The maximum atomic E-state index is 12.8. The number of nitrogens with zero attached hydrogens (tertiary/aromatic N) is 3. The van der Waals surface area contributed by atoms with Crippen LogP contribution in [0.5, 0.6) is 11.5 Å². The number of non-ortho nitro benzene ring substituents is 1. The van der Waals surface area contributed by atoms with Crippen LogP contribution in [0.2, 0.25) is 0 Å². The number of aromatic amines is 1. The van der Waals surface area contributed by atoms with Crippen LogP contribution in [-0.4, -0.2) is 32.7 Å². The van der Waals surface area contributed by atoms with Crippen molar-refractivity contribution in [1.29, 1.82) is 0 Å². The van der Waals surface area contributed by atoms with Crippen molar-refractivity contribution < 1.29 is 14.4 Å². The van der Waals surface area contributed by atoms with E-state index < -0.39 is 16.2 Å². The molecule has 1 aliphatic heterocycles. The molecule has 10 nitrogen and oxygen atoms in total. The first-order chi connectivity index (χ1) is 16.0. The van der Waals surface area contributed by atoms with Gasteiger partial charge >= 0.3 is 5.69 Å². The van der Waals surface area contributed by atoms with Crippen molar-refractivity contribution in [3.05, 3.63) is 91.2 Å². The molecule has 0 saturated heterocycles. The monoisotopic (exact) mass is 446 g/mol. The Morgan fingerprint density at radius 3 is 2.70 bits per heavy atom. The van der Waals surface area contributed by atoms with E-state index in [-0.39, 0.29) is 23.3 Å². The summed E-state index contributed by atoms with van der Waals surface area (Å²) < 4.78 is 12.7. The lowest BCUT2D eigenvalue weighted by atomic mass is 10.0. The van der Waals surface area contributed by atoms with E-state index in [1.807, 2.05) is 6.07 Å². The molecule has 33 heavy (non-hydrogen) atoms. The number of hydrogen-bond donors (Lipinski definition) is 1. The van der Waals surface area contributed by atoms with E-state index >= 15 is 0 Å². The molecule has 0 amide bonds. The van der Waals surface area contributed by atoms with E-state index in [0.29, 0.717) is 35.8 Å². The van der Waals surface area contributed by atoms with E-state index in [9.17, 15) is 19.7 Å². The average molecular weight is 446 g/mol. The van der Waals surface area contributed by atoms with Gasteiger partial charge in [0.1, 0.15) is 5.65 Å². The zero-order valence-electron chi connectivity index (χ0n) is 17.3. The van der Waals surface area contributed by atoms with Crippen LogP contribution in [0.25, 0.3) is 22.2 Å². The summed E-state index contributed by atoms with van der Waals surface area (Å²) in [4.78, 5) is 42.8. The van der Waals surface area contributed by atoms with Crippen LogP contribution in [0.15, 0.2) is 64.3 Å². The number of ether oxygens (including phenoxy) is 2. The van der Waals surface area contributed by atoms with Gasteiger partial charge in [0.15, 0.2) is 11.5 Å². The standard InChI is InChI=1S/C23H18N4O6/c28-22-20-17(15-3-1-4-16(12-15)27(30)31)7-8-24-21(20)26(23(29)25-22)13-14-5-6-18-19(11-14)33-10-2-9-32-18/h1,3-8,11-12H,2,9-10,13H2,(H,25,28,29). The Morgan fingerprint density at radius 1 is 1.06 bits per heavy atom. The highest BCUT2D eigenvalue weighted by Gasteiger charge is 2.17. The summed E-state index contributed by atoms with van der Waals surface area (Å²) in [5.41, 5.74) is 0.537. The van der Waals surface area contributed by atoms with Gasteiger partial charge in [-0.3, -0.25) is 24.5 Å². The van der Waals surface area contributed by atoms with Crippen LogP contribution >= 0.6 is 0 Å². The van der Waals surface area contributed by atoms with Gasteiger partial charge < -0.3 is 9.47 Å². The molecule has 0 saturated carbocycles. The molecule has 10 heteroatoms. The fraction of sp³-hybridized carbons (Fsp3) is 0.174. The Morgan fingerprint density at radius 2 is 1.88 bits per heavy atom. The van der Waals surface area contributed by atoms with Gasteiger partial charge in [-0.2, -0.15) is 0 Å². The minimum atomic E-state index is -0.612. The third-order valence-electron chi connectivity index (χ3n) is 5.40. The quantitative estimate of drug-likeness (QED) is 0.377. The topological polar surface area (TPSA) is 129 Å². The smallest absolute Gasteiger partial charge is 0.330 e. The maximum Gasteiger partial charge on any atom is 0.330 e. The van der Waals surface area contributed by atoms with Crippen LogP contribution in [-0.2, 0) is 6.54 Å². The highest BCUT2D eigenvalue weighted by atomic mass is 16.6. The van der Waals surface area contributed by atoms with Gasteiger partial charge in [-0.15, -0.1) is 0 Å². The summed E-state index contributed by atoms with van der Waals surface area (Å²) in [6.07, 6.45) is 2.25. The van der Waals surface area contributed by atoms with Gasteiger partial charge in [0.2, 0.25) is 0 Å². The molecule has 0 radical (unpaired) electrons. The largest absolute Gasteiger partial charge is 0.490 e. The fourth-order valence-electron chi connectivity index (χ4n) is 3.87. The summed E-state index contributed by atoms with van der Waals surface area (Å²) in [5, 5.41) is 11.4. The van der Waals surface area contributed by atoms with E-state index in [2.05, 4.69) is 9.97 Å². The van der Waals surface area contributed by atoms with Crippen molar-refractivity contribution in [1.82, 2.24) is 14.5 Å². The van der Waals surface area contributed by atoms with Gasteiger partial charge in [-0.05, 0) is 34.9 Å². The molecule has 5 rings (SSSR count). The third kappa shape index (κ3) is 3.82. The number of nitro benzene ring substituents is 1. The molecule has 0 fully saturated rings. The van der Waals surface area contributed by atoms with Crippen molar-refractivity contribution in [3.8, 4) is 22.6 Å². The number of benzene rings is 2. The van der Waals surface area contributed by atoms with Crippen molar-refractivity contribution in [2.45, 2.75) is 13.0 Å². The zero-order chi connectivity index (χ0) is 22.9. The fourth-order valence-corrected chi connectivity index (χ4v) is 3.87. The number of nitro groups is 1. The molecule has 1 aliphatic rings. The lowest BCUT2D eigenvalue weighted by Crippen LogP contribution is -2.31. The maximum absolute atomic E-state index is 12.8. The molecule has 3 heterocycles. The van der Waals surface area contributed by atoms with Gasteiger partial charge in [0.25, 0.3) is 11.2 Å². The Bertz CT molecular complexity index is 1510. The van der Waals surface area contributed by atoms with Gasteiger partial charge in [0.05, 0.1) is 30.1 Å². The van der Waals surface area contributed by atoms with Crippen LogP contribution in [0.3, 0.4) is 0 Å². The van der Waals surface area contributed by atoms with E-state index in [4.69, 9.17) is 9.47 Å². The van der Waals surface area contributed by atoms with Crippen molar-refractivity contribution in [2.24, 2.45) is 0 Å². The number of hydrogen-bond acceptors (Lipinski definition) is 7. The molecular formula is C23H18N4O6. The molecule has 0 bridgehead atoms. The van der Waals surface area contributed by atoms with Crippen LogP contribution in [0, 0.1) is 10.1 Å². The Balaban J connectivity index is 1.64. The lowest BCUT2D eigenvalue weighted by molar-refractivity contribution is -0.384. The van der Waals surface area contributed by atoms with Crippen LogP contribution in [0.1, 0.15) is 12.0 Å². The molecule has 0 unspecified atom stereocenters. The number of fused-ring (bicyclic) bond motifs is 2. The molecular weight excluding hydrogens is 428 g/mol. The van der Waals surface area contributed by atoms with E-state index in [0.717, 1.165) is 12.0 Å². The van der Waals surface area contributed by atoms with E-state index in [1.165, 1.54) is 22.9 Å². The number of H-pyrrole nitrogens is 1. The first kappa shape index (κ1) is 20.4. The van der Waals surface area contributed by atoms with Crippen molar-refractivity contribution in [2.75, 3.05) is 13.2 Å². The highest BCUT2D eigenvalue weighted by Crippen LogP contribution is 2.31. The Kier molecular flexibility index (Phi) is 5.09. The molecule has 166 valence electrons. The van der Waals surface area contributed by atoms with E-state index in [1.54, 1.807) is 30.3 Å². The molecule has 4 aromatic rings. The molecule has 2 aromatic heterocycles. The number of nitrogens with one attached hydrogen (secondary N) is 1. The highest BCUT2D eigenvalue weighted by molar-refractivity contribution is 5.92. The van der Waals surface area contributed by atoms with Crippen LogP contribution in [0.4, 0.5) is 5.69 Å². The molecule has 0 atom stereocenters. The van der Waals surface area contributed by atoms with Crippen molar-refractivity contribution in [3.63, 3.8) is 0 Å². The molecule has 2 aromatic carbocycles. The predicted molar refractivity (Wildman–Crippen MR) is 120 cm³/mol. The minimum Gasteiger partial charge on any atom is -0.490 e. The number of rotatable bonds is 4. The van der Waals surface area contributed by atoms with Gasteiger partial charge in [-0.25, -0.2) is 9.78 Å². The summed E-state index contributed by atoms with van der Waals surface area (Å²) in [7, 11) is 0. The van der Waals surface area contributed by atoms with Crippen LogP contribution < -0.4 is 20.7 Å². The minimum absolute atomic E-state index is 0.102. The van der Waals surface area contributed by atoms with Gasteiger partial charge in [-0.1, -0.05) is 18.2 Å². The number of aromatic nitrogens is 3. The summed E-state index contributed by atoms with van der Waals surface area (Å²) >= 11 is 0. The Labute approximate surface area is 186 Å². The average Bonchev–Trinajstić information content (AvgIpc) is 3.06. The Hall–Kier alpha value is -4.47. The summed E-state index contributed by atoms with van der Waals surface area (Å²) in [6, 6.07) is 13.0. The SMILES string of the molecule is O=c1[nH]c(=O)n(Cc2ccc3c(c2)OCCCO3)c2nccc(-c3cccc([N+](=O)[O-])c3)c12. The van der Waals surface area contributed by atoms with Gasteiger partial charge in [0, 0.05) is 24.8 Å². The normalized spacial score (nSPS) is 13.0. The lowest BCUT2D eigenvalue weighted by Gasteiger charge is -2.13. The molecule has 1 N–H and O–H groups in total.